The number of anilines is 2. The van der Waals surface area contributed by atoms with Gasteiger partial charge in [-0.15, -0.1) is 0 Å². The van der Waals surface area contributed by atoms with Gasteiger partial charge in [0.25, 0.3) is 11.8 Å². The summed E-state index contributed by atoms with van der Waals surface area (Å²) in [5.74, 6) is 0.300. The van der Waals surface area contributed by atoms with Gasteiger partial charge in [0.1, 0.15) is 5.75 Å². The molecule has 3 aromatic rings. The Kier molecular flexibility index (Phi) is 4.99. The van der Waals surface area contributed by atoms with E-state index in [4.69, 9.17) is 4.74 Å². The summed E-state index contributed by atoms with van der Waals surface area (Å²) in [5, 5.41) is 2.93. The average molecular weight is 388 g/mol. The molecule has 2 aromatic carbocycles. The lowest BCUT2D eigenvalue weighted by Crippen LogP contribution is -2.58. The predicted octanol–water partition coefficient (Wildman–Crippen LogP) is 3.02. The van der Waals surface area contributed by atoms with Gasteiger partial charge in [-0.1, -0.05) is 23.8 Å². The van der Waals surface area contributed by atoms with E-state index >= 15 is 0 Å². The van der Waals surface area contributed by atoms with Crippen LogP contribution in [0.4, 0.5) is 11.4 Å². The summed E-state index contributed by atoms with van der Waals surface area (Å²) in [5.41, 5.74) is 3.19. The number of benzene rings is 2. The number of amides is 2. The van der Waals surface area contributed by atoms with Gasteiger partial charge in [-0.2, -0.15) is 4.57 Å². The first-order valence-electron chi connectivity index (χ1n) is 9.39. The molecule has 0 saturated carbocycles. The van der Waals surface area contributed by atoms with Crippen LogP contribution in [0.15, 0.2) is 72.9 Å². The lowest BCUT2D eigenvalue weighted by atomic mass is 10.0. The Morgan fingerprint density at radius 1 is 1.07 bits per heavy atom. The number of carbonyl (C=O) groups is 2. The number of aromatic nitrogens is 1. The third-order valence-corrected chi connectivity index (χ3v) is 5.01. The van der Waals surface area contributed by atoms with Crippen molar-refractivity contribution in [1.82, 2.24) is 0 Å². The van der Waals surface area contributed by atoms with Gasteiger partial charge in [-0.3, -0.25) is 14.5 Å². The molecule has 0 spiro atoms. The van der Waals surface area contributed by atoms with Gasteiger partial charge >= 0.3 is 0 Å². The smallest absolute Gasteiger partial charge is 0.294 e. The third-order valence-electron chi connectivity index (χ3n) is 5.01. The Labute approximate surface area is 169 Å². The highest BCUT2D eigenvalue weighted by Crippen LogP contribution is 2.30. The van der Waals surface area contributed by atoms with Crippen LogP contribution in [0.1, 0.15) is 17.3 Å². The molecule has 0 aliphatic carbocycles. The Morgan fingerprint density at radius 2 is 1.79 bits per heavy atom. The molecule has 2 heterocycles. The fourth-order valence-corrected chi connectivity index (χ4v) is 3.51. The Morgan fingerprint density at radius 3 is 2.48 bits per heavy atom. The van der Waals surface area contributed by atoms with Crippen LogP contribution in [0.25, 0.3) is 0 Å². The number of hydrogen-bond acceptors (Lipinski definition) is 3. The summed E-state index contributed by atoms with van der Waals surface area (Å²) >= 11 is 0. The number of methoxy groups -OCH3 is 1. The number of ether oxygens (including phenoxy) is 1. The second-order valence-electron chi connectivity index (χ2n) is 6.97. The molecule has 146 valence electrons. The van der Waals surface area contributed by atoms with Crippen molar-refractivity contribution in [3.8, 4) is 5.75 Å². The molecule has 4 rings (SSSR count). The average Bonchev–Trinajstić information content (AvgIpc) is 2.74. The minimum absolute atomic E-state index is 0.132. The first-order chi connectivity index (χ1) is 14.1. The van der Waals surface area contributed by atoms with E-state index in [0.29, 0.717) is 17.1 Å². The van der Waals surface area contributed by atoms with Crippen molar-refractivity contribution in [3.05, 3.63) is 84.2 Å². The molecule has 1 aliphatic heterocycles. The van der Waals surface area contributed by atoms with Crippen molar-refractivity contribution in [1.29, 1.82) is 0 Å². The minimum atomic E-state index is -0.776. The highest BCUT2D eigenvalue weighted by molar-refractivity contribution is 6.05. The minimum Gasteiger partial charge on any atom is -0.497 e. The number of rotatable bonds is 4. The van der Waals surface area contributed by atoms with Crippen molar-refractivity contribution in [2.45, 2.75) is 19.5 Å². The van der Waals surface area contributed by atoms with Crippen LogP contribution in [0.2, 0.25) is 0 Å². The van der Waals surface area contributed by atoms with Gasteiger partial charge < -0.3 is 10.1 Å². The van der Waals surface area contributed by atoms with E-state index in [9.17, 15) is 9.59 Å². The number of nitrogens with one attached hydrogen (secondary N) is 1. The summed E-state index contributed by atoms with van der Waals surface area (Å²) in [7, 11) is 1.59. The van der Waals surface area contributed by atoms with E-state index in [1.165, 1.54) is 0 Å². The second-order valence-corrected chi connectivity index (χ2v) is 6.97. The molecule has 1 aliphatic rings. The van der Waals surface area contributed by atoms with Crippen LogP contribution in [0, 0.1) is 6.92 Å². The van der Waals surface area contributed by atoms with Crippen molar-refractivity contribution in [2.24, 2.45) is 0 Å². The molecule has 6 heteroatoms. The first-order valence-corrected chi connectivity index (χ1v) is 9.39. The Bertz CT molecular complexity index is 1050. The summed E-state index contributed by atoms with van der Waals surface area (Å²) in [6, 6.07) is 19.6. The zero-order valence-corrected chi connectivity index (χ0v) is 16.3. The van der Waals surface area contributed by atoms with Crippen LogP contribution >= 0.6 is 0 Å². The van der Waals surface area contributed by atoms with E-state index in [2.05, 4.69) is 5.32 Å². The number of fused-ring (bicyclic) bond motifs is 1. The lowest BCUT2D eigenvalue weighted by Gasteiger charge is -2.32. The highest BCUT2D eigenvalue weighted by Gasteiger charge is 2.43. The molecule has 0 unspecified atom stereocenters. The molecule has 29 heavy (non-hydrogen) atoms. The summed E-state index contributed by atoms with van der Waals surface area (Å²) in [6.45, 7) is 2.18. The van der Waals surface area contributed by atoms with Crippen LogP contribution in [-0.2, 0) is 16.1 Å². The topological polar surface area (TPSA) is 62.5 Å². The molecule has 1 aromatic heterocycles. The Hall–Kier alpha value is -3.67. The van der Waals surface area contributed by atoms with Crippen LogP contribution in [-0.4, -0.2) is 18.9 Å². The molecule has 0 fully saturated rings. The second kappa shape index (κ2) is 7.75. The van der Waals surface area contributed by atoms with Gasteiger partial charge in [0.05, 0.1) is 7.11 Å². The lowest BCUT2D eigenvalue weighted by molar-refractivity contribution is -0.695. The van der Waals surface area contributed by atoms with E-state index < -0.39 is 6.04 Å². The quantitative estimate of drug-likeness (QED) is 0.699. The van der Waals surface area contributed by atoms with Crippen molar-refractivity contribution in [3.63, 3.8) is 0 Å². The zero-order chi connectivity index (χ0) is 20.4. The molecule has 1 N–H and O–H groups in total. The highest BCUT2D eigenvalue weighted by atomic mass is 16.5. The molecular formula is C23H22N3O3+. The SMILES string of the molecule is COc1ccc(NC(=O)[C@H]2c3cccc[n+]3CC(=O)N2c2ccc(C)cc2)cc1. The number of carbonyl (C=O) groups excluding carboxylic acids is 2. The van der Waals surface area contributed by atoms with Gasteiger partial charge in [0.2, 0.25) is 18.3 Å². The van der Waals surface area contributed by atoms with Crippen molar-refractivity contribution >= 4 is 23.2 Å². The summed E-state index contributed by atoms with van der Waals surface area (Å²) in [4.78, 5) is 27.9. The third kappa shape index (κ3) is 3.69. The predicted molar refractivity (Wildman–Crippen MR) is 110 cm³/mol. The standard InChI is InChI=1S/C23H21N3O3/c1-16-6-10-18(11-7-16)26-21(27)15-25-14-4-3-5-20(25)22(26)23(28)24-17-8-12-19(29-2)13-9-17/h3-14,22H,15H2,1-2H3/p+1/t22-/m1/s1. The van der Waals surface area contributed by atoms with E-state index in [-0.39, 0.29) is 18.4 Å². The van der Waals surface area contributed by atoms with Crippen molar-refractivity contribution in [2.75, 3.05) is 17.3 Å². The largest absolute Gasteiger partial charge is 0.497 e. The zero-order valence-electron chi connectivity index (χ0n) is 16.3. The number of aryl methyl sites for hydroxylation is 1. The fourth-order valence-electron chi connectivity index (χ4n) is 3.51. The molecule has 6 nitrogen and oxygen atoms in total. The first kappa shape index (κ1) is 18.7. The van der Waals surface area contributed by atoms with Crippen molar-refractivity contribution < 1.29 is 18.9 Å². The molecule has 0 radical (unpaired) electrons. The molecular weight excluding hydrogens is 366 g/mol. The maximum Gasteiger partial charge on any atom is 0.294 e. The van der Waals surface area contributed by atoms with Gasteiger partial charge in [-0.25, -0.2) is 0 Å². The molecule has 1 atom stereocenters. The van der Waals surface area contributed by atoms with Crippen LogP contribution < -0.4 is 19.5 Å². The maximum absolute atomic E-state index is 13.3. The van der Waals surface area contributed by atoms with E-state index in [1.807, 2.05) is 60.2 Å². The van der Waals surface area contributed by atoms with E-state index in [1.54, 1.807) is 36.3 Å². The summed E-state index contributed by atoms with van der Waals surface area (Å²) in [6.07, 6.45) is 1.83. The maximum atomic E-state index is 13.3. The van der Waals surface area contributed by atoms with Crippen LogP contribution in [0.5, 0.6) is 5.75 Å². The normalized spacial score (nSPS) is 15.6. The van der Waals surface area contributed by atoms with Gasteiger partial charge in [-0.05, 0) is 43.3 Å². The molecule has 2 amide bonds. The molecule has 0 saturated heterocycles. The van der Waals surface area contributed by atoms with Gasteiger partial charge in [0, 0.05) is 23.5 Å². The number of pyridine rings is 1. The Balaban J connectivity index is 1.73. The number of nitrogens with zero attached hydrogens (tertiary/aromatic N) is 2. The fraction of sp³-hybridized carbons (Fsp3) is 0.174. The molecule has 0 bridgehead atoms. The van der Waals surface area contributed by atoms with Gasteiger partial charge in [0.15, 0.2) is 6.20 Å². The number of hydrogen-bond donors (Lipinski definition) is 1. The van der Waals surface area contributed by atoms with E-state index in [0.717, 1.165) is 11.3 Å². The monoisotopic (exact) mass is 388 g/mol. The van der Waals surface area contributed by atoms with Crippen LogP contribution in [0.3, 0.4) is 0 Å². The summed E-state index contributed by atoms with van der Waals surface area (Å²) < 4.78 is 6.99.